The Bertz CT molecular complexity index is 954. The Balaban J connectivity index is 1.97. The number of carbonyl (C=O) groups is 1. The van der Waals surface area contributed by atoms with Crippen LogP contribution in [0.5, 0.6) is 0 Å². The van der Waals surface area contributed by atoms with E-state index in [1.54, 1.807) is 18.2 Å². The SMILES string of the molecule is CC(=O)/C(=C\c1cccc([N+](=O)[O-])c1)Cc1c[nH]c2ccccc12. The largest absolute Gasteiger partial charge is 0.361 e. The predicted molar refractivity (Wildman–Crippen MR) is 93.8 cm³/mol. The molecular formula is C19H16N2O3. The van der Waals surface area contributed by atoms with Crippen molar-refractivity contribution in [3.05, 3.63) is 81.5 Å². The molecule has 2 aromatic carbocycles. The summed E-state index contributed by atoms with van der Waals surface area (Å²) in [6, 6.07) is 14.2. The Labute approximate surface area is 138 Å². The second-order valence-electron chi connectivity index (χ2n) is 5.61. The molecule has 1 aromatic heterocycles. The molecule has 24 heavy (non-hydrogen) atoms. The monoisotopic (exact) mass is 320 g/mol. The topological polar surface area (TPSA) is 76.0 Å². The summed E-state index contributed by atoms with van der Waals surface area (Å²) in [6.45, 7) is 1.51. The van der Waals surface area contributed by atoms with Crippen LogP contribution in [0, 0.1) is 10.1 Å². The summed E-state index contributed by atoms with van der Waals surface area (Å²) < 4.78 is 0. The molecule has 1 N–H and O–H groups in total. The van der Waals surface area contributed by atoms with Crippen LogP contribution in [0.15, 0.2) is 60.3 Å². The summed E-state index contributed by atoms with van der Waals surface area (Å²) in [5, 5.41) is 12.0. The minimum atomic E-state index is -0.440. The summed E-state index contributed by atoms with van der Waals surface area (Å²) in [5.41, 5.74) is 3.32. The van der Waals surface area contributed by atoms with Gasteiger partial charge in [-0.15, -0.1) is 0 Å². The van der Waals surface area contributed by atoms with Gasteiger partial charge in [-0.25, -0.2) is 0 Å². The predicted octanol–water partition coefficient (Wildman–Crippen LogP) is 4.29. The summed E-state index contributed by atoms with van der Waals surface area (Å²) in [6.07, 6.45) is 4.09. The van der Waals surface area contributed by atoms with Crippen LogP contribution in [-0.4, -0.2) is 15.7 Å². The number of non-ortho nitro benzene ring substituents is 1. The third-order valence-corrected chi connectivity index (χ3v) is 3.93. The van der Waals surface area contributed by atoms with Gasteiger partial charge < -0.3 is 4.98 Å². The Morgan fingerprint density at radius 3 is 2.75 bits per heavy atom. The molecule has 0 unspecified atom stereocenters. The van der Waals surface area contributed by atoms with E-state index in [9.17, 15) is 14.9 Å². The number of benzene rings is 2. The third-order valence-electron chi connectivity index (χ3n) is 3.93. The normalized spacial score (nSPS) is 11.6. The number of carbonyl (C=O) groups excluding carboxylic acids is 1. The van der Waals surface area contributed by atoms with Gasteiger partial charge in [-0.3, -0.25) is 14.9 Å². The molecule has 0 amide bonds. The van der Waals surface area contributed by atoms with E-state index in [2.05, 4.69) is 4.98 Å². The second kappa shape index (κ2) is 6.50. The average molecular weight is 320 g/mol. The highest BCUT2D eigenvalue weighted by Gasteiger charge is 2.11. The lowest BCUT2D eigenvalue weighted by Gasteiger charge is -2.04. The first-order valence-electron chi connectivity index (χ1n) is 7.55. The van der Waals surface area contributed by atoms with Gasteiger partial charge in [0.15, 0.2) is 5.78 Å². The number of nitro groups is 1. The second-order valence-corrected chi connectivity index (χ2v) is 5.61. The highest BCUT2D eigenvalue weighted by atomic mass is 16.6. The lowest BCUT2D eigenvalue weighted by Crippen LogP contribution is -2.00. The van der Waals surface area contributed by atoms with Crippen LogP contribution >= 0.6 is 0 Å². The standard InChI is InChI=1S/C19H16N2O3/c1-13(22)15(9-14-5-4-6-17(10-14)21(23)24)11-16-12-20-19-8-3-2-7-18(16)19/h2-10,12,20H,11H2,1H3/b15-9-. The third kappa shape index (κ3) is 3.25. The van der Waals surface area contributed by atoms with E-state index in [1.165, 1.54) is 19.1 Å². The Hall–Kier alpha value is -3.21. The fourth-order valence-electron chi connectivity index (χ4n) is 2.69. The first-order valence-corrected chi connectivity index (χ1v) is 7.55. The zero-order chi connectivity index (χ0) is 17.1. The number of hydrogen-bond donors (Lipinski definition) is 1. The molecule has 3 rings (SSSR count). The van der Waals surface area contributed by atoms with E-state index in [1.807, 2.05) is 30.5 Å². The molecule has 3 aromatic rings. The first-order chi connectivity index (χ1) is 11.5. The fraction of sp³-hybridized carbons (Fsp3) is 0.105. The maximum absolute atomic E-state index is 12.0. The van der Waals surface area contributed by atoms with Crippen LogP contribution in [0.2, 0.25) is 0 Å². The van der Waals surface area contributed by atoms with Crippen LogP contribution in [0.3, 0.4) is 0 Å². The number of nitrogens with zero attached hydrogens (tertiary/aromatic N) is 1. The number of rotatable bonds is 5. The van der Waals surface area contributed by atoms with Gasteiger partial charge >= 0.3 is 0 Å². The number of ketones is 1. The number of para-hydroxylation sites is 1. The molecule has 1 heterocycles. The van der Waals surface area contributed by atoms with E-state index in [0.29, 0.717) is 17.6 Å². The Morgan fingerprint density at radius 1 is 1.21 bits per heavy atom. The number of hydrogen-bond acceptors (Lipinski definition) is 3. The molecule has 5 nitrogen and oxygen atoms in total. The van der Waals surface area contributed by atoms with Crippen LogP contribution in [0.4, 0.5) is 5.69 Å². The smallest absolute Gasteiger partial charge is 0.270 e. The molecule has 0 spiro atoms. The minimum Gasteiger partial charge on any atom is -0.361 e. The molecule has 0 fully saturated rings. The Kier molecular flexibility index (Phi) is 4.24. The Morgan fingerprint density at radius 2 is 2.00 bits per heavy atom. The molecule has 5 heteroatoms. The molecule has 120 valence electrons. The van der Waals surface area contributed by atoms with Crippen molar-refractivity contribution >= 4 is 28.4 Å². The van der Waals surface area contributed by atoms with Crippen molar-refractivity contribution in [1.29, 1.82) is 0 Å². The molecule has 0 saturated heterocycles. The number of aromatic amines is 1. The number of nitrogens with one attached hydrogen (secondary N) is 1. The van der Waals surface area contributed by atoms with Gasteiger partial charge in [-0.05, 0) is 35.8 Å². The molecule has 0 aliphatic heterocycles. The quantitative estimate of drug-likeness (QED) is 0.433. The van der Waals surface area contributed by atoms with Gasteiger partial charge in [0.25, 0.3) is 5.69 Å². The highest BCUT2D eigenvalue weighted by molar-refractivity contribution is 5.99. The number of nitro benzene ring substituents is 1. The summed E-state index contributed by atoms with van der Waals surface area (Å²) in [7, 11) is 0. The molecule has 0 bridgehead atoms. The van der Waals surface area contributed by atoms with Crippen LogP contribution in [-0.2, 0) is 11.2 Å². The summed E-state index contributed by atoms with van der Waals surface area (Å²) in [5.74, 6) is -0.0493. The lowest BCUT2D eigenvalue weighted by molar-refractivity contribution is -0.384. The molecule has 0 atom stereocenters. The van der Waals surface area contributed by atoms with Gasteiger partial charge in [0.05, 0.1) is 4.92 Å². The van der Waals surface area contributed by atoms with E-state index in [0.717, 1.165) is 16.5 Å². The lowest BCUT2D eigenvalue weighted by atomic mass is 9.99. The molecule has 0 aliphatic rings. The van der Waals surface area contributed by atoms with Gasteiger partial charge in [0.1, 0.15) is 0 Å². The van der Waals surface area contributed by atoms with E-state index in [-0.39, 0.29) is 11.5 Å². The highest BCUT2D eigenvalue weighted by Crippen LogP contribution is 2.23. The fourth-order valence-corrected chi connectivity index (χ4v) is 2.69. The number of H-pyrrole nitrogens is 1. The van der Waals surface area contributed by atoms with Gasteiger partial charge in [0, 0.05) is 35.7 Å². The van der Waals surface area contributed by atoms with Gasteiger partial charge in [-0.1, -0.05) is 30.3 Å². The number of allylic oxidation sites excluding steroid dienone is 1. The zero-order valence-corrected chi connectivity index (χ0v) is 13.2. The first kappa shape index (κ1) is 15.7. The summed E-state index contributed by atoms with van der Waals surface area (Å²) >= 11 is 0. The van der Waals surface area contributed by atoms with Crippen molar-refractivity contribution in [2.75, 3.05) is 0 Å². The van der Waals surface area contributed by atoms with Crippen molar-refractivity contribution in [2.24, 2.45) is 0 Å². The molecular weight excluding hydrogens is 304 g/mol. The van der Waals surface area contributed by atoms with Crippen LogP contribution < -0.4 is 0 Å². The van der Waals surface area contributed by atoms with Gasteiger partial charge in [-0.2, -0.15) is 0 Å². The van der Waals surface area contributed by atoms with E-state index >= 15 is 0 Å². The van der Waals surface area contributed by atoms with Crippen molar-refractivity contribution in [2.45, 2.75) is 13.3 Å². The van der Waals surface area contributed by atoms with E-state index in [4.69, 9.17) is 0 Å². The number of fused-ring (bicyclic) bond motifs is 1. The van der Waals surface area contributed by atoms with Crippen molar-refractivity contribution in [1.82, 2.24) is 4.98 Å². The zero-order valence-electron chi connectivity index (χ0n) is 13.2. The summed E-state index contributed by atoms with van der Waals surface area (Å²) in [4.78, 5) is 25.7. The molecule has 0 aliphatic carbocycles. The number of aromatic nitrogens is 1. The van der Waals surface area contributed by atoms with Crippen molar-refractivity contribution in [3.63, 3.8) is 0 Å². The van der Waals surface area contributed by atoms with Gasteiger partial charge in [0.2, 0.25) is 0 Å². The van der Waals surface area contributed by atoms with Crippen molar-refractivity contribution < 1.29 is 9.72 Å². The van der Waals surface area contributed by atoms with Crippen molar-refractivity contribution in [3.8, 4) is 0 Å². The maximum Gasteiger partial charge on any atom is 0.270 e. The average Bonchev–Trinajstić information content (AvgIpc) is 2.97. The van der Waals surface area contributed by atoms with Crippen LogP contribution in [0.1, 0.15) is 18.1 Å². The molecule has 0 radical (unpaired) electrons. The number of Topliss-reactive ketones (excluding diaryl/α,β-unsaturated/α-hetero) is 1. The maximum atomic E-state index is 12.0. The van der Waals surface area contributed by atoms with Crippen LogP contribution in [0.25, 0.3) is 17.0 Å². The minimum absolute atomic E-state index is 0.0127. The molecule has 0 saturated carbocycles. The van der Waals surface area contributed by atoms with E-state index < -0.39 is 4.92 Å².